The summed E-state index contributed by atoms with van der Waals surface area (Å²) in [6.07, 6.45) is 0. The minimum atomic E-state index is -0.206. The third-order valence-electron chi connectivity index (χ3n) is 4.70. The van der Waals surface area contributed by atoms with Gasteiger partial charge in [0.15, 0.2) is 6.61 Å². The number of carbonyl (C=O) groups excluding carboxylic acids is 1. The molecule has 0 aliphatic carbocycles. The van der Waals surface area contributed by atoms with E-state index in [1.165, 1.54) is 11.1 Å². The highest BCUT2D eigenvalue weighted by molar-refractivity contribution is 5.78. The summed E-state index contributed by atoms with van der Waals surface area (Å²) < 4.78 is 5.68. The number of ether oxygens (including phenoxy) is 1. The number of hydrogen-bond acceptors (Lipinski definition) is 2. The van der Waals surface area contributed by atoms with Gasteiger partial charge in [-0.25, -0.2) is 0 Å². The minimum Gasteiger partial charge on any atom is -0.484 e. The second kappa shape index (κ2) is 8.54. The quantitative estimate of drug-likeness (QED) is 0.680. The maximum atomic E-state index is 12.6. The van der Waals surface area contributed by atoms with E-state index in [-0.39, 0.29) is 18.6 Å². The second-order valence-electron chi connectivity index (χ2n) is 6.86. The van der Waals surface area contributed by atoms with E-state index in [0.717, 1.165) is 16.7 Å². The van der Waals surface area contributed by atoms with Crippen LogP contribution < -0.4 is 10.1 Å². The highest BCUT2D eigenvalue weighted by atomic mass is 16.5. The van der Waals surface area contributed by atoms with Gasteiger partial charge in [-0.15, -0.1) is 0 Å². The highest BCUT2D eigenvalue weighted by Crippen LogP contribution is 2.22. The van der Waals surface area contributed by atoms with Crippen LogP contribution in [0.5, 0.6) is 5.75 Å². The number of rotatable bonds is 6. The lowest BCUT2D eigenvalue weighted by molar-refractivity contribution is -0.123. The SMILES string of the molecule is Cc1ccc([C@@H](NC(=O)COc2ccc(C)c(C)c2)c2ccccc2)cc1. The standard InChI is InChI=1S/C24H25NO2/c1-17-9-12-21(13-10-17)24(20-7-5-4-6-8-20)25-23(26)16-27-22-14-11-18(2)19(3)15-22/h4-15,24H,16H2,1-3H3,(H,25,26)/t24-/m0/s1. The molecule has 3 nitrogen and oxygen atoms in total. The first-order valence-corrected chi connectivity index (χ1v) is 9.14. The Morgan fingerprint density at radius 2 is 1.52 bits per heavy atom. The highest BCUT2D eigenvalue weighted by Gasteiger charge is 2.17. The zero-order chi connectivity index (χ0) is 19.2. The van der Waals surface area contributed by atoms with Crippen LogP contribution in [0.15, 0.2) is 72.8 Å². The molecule has 138 valence electrons. The van der Waals surface area contributed by atoms with E-state index in [4.69, 9.17) is 4.74 Å². The van der Waals surface area contributed by atoms with Gasteiger partial charge in [-0.05, 0) is 55.2 Å². The summed E-state index contributed by atoms with van der Waals surface area (Å²) in [5.41, 5.74) is 5.63. The number of hydrogen-bond donors (Lipinski definition) is 1. The summed E-state index contributed by atoms with van der Waals surface area (Å²) in [6.45, 7) is 6.12. The van der Waals surface area contributed by atoms with Gasteiger partial charge in [-0.3, -0.25) is 4.79 Å². The van der Waals surface area contributed by atoms with Crippen LogP contribution in [-0.2, 0) is 4.79 Å². The first kappa shape index (κ1) is 18.7. The number of aryl methyl sites for hydroxylation is 3. The Morgan fingerprint density at radius 3 is 2.19 bits per heavy atom. The van der Waals surface area contributed by atoms with Crippen molar-refractivity contribution in [1.82, 2.24) is 5.32 Å². The van der Waals surface area contributed by atoms with Gasteiger partial charge >= 0.3 is 0 Å². The molecule has 0 heterocycles. The smallest absolute Gasteiger partial charge is 0.258 e. The molecule has 3 heteroatoms. The van der Waals surface area contributed by atoms with E-state index in [1.807, 2.05) is 55.5 Å². The van der Waals surface area contributed by atoms with E-state index in [1.54, 1.807) is 0 Å². The zero-order valence-corrected chi connectivity index (χ0v) is 16.0. The molecule has 1 amide bonds. The van der Waals surface area contributed by atoms with Crippen LogP contribution in [0.4, 0.5) is 0 Å². The molecule has 1 N–H and O–H groups in total. The van der Waals surface area contributed by atoms with Gasteiger partial charge in [-0.1, -0.05) is 66.2 Å². The van der Waals surface area contributed by atoms with Crippen LogP contribution in [0.2, 0.25) is 0 Å². The molecule has 3 aromatic rings. The molecular weight excluding hydrogens is 334 g/mol. The van der Waals surface area contributed by atoms with E-state index in [0.29, 0.717) is 5.75 Å². The van der Waals surface area contributed by atoms with Crippen molar-refractivity contribution >= 4 is 5.91 Å². The fourth-order valence-corrected chi connectivity index (χ4v) is 2.92. The average Bonchev–Trinajstić information content (AvgIpc) is 2.68. The van der Waals surface area contributed by atoms with Crippen molar-refractivity contribution in [3.05, 3.63) is 101 Å². The summed E-state index contributed by atoms with van der Waals surface area (Å²) in [4.78, 5) is 12.6. The van der Waals surface area contributed by atoms with Gasteiger partial charge in [0.25, 0.3) is 5.91 Å². The van der Waals surface area contributed by atoms with Gasteiger partial charge in [0.05, 0.1) is 6.04 Å². The van der Waals surface area contributed by atoms with E-state index >= 15 is 0 Å². The van der Waals surface area contributed by atoms with Crippen LogP contribution in [-0.4, -0.2) is 12.5 Å². The van der Waals surface area contributed by atoms with Crippen molar-refractivity contribution in [2.75, 3.05) is 6.61 Å². The lowest BCUT2D eigenvalue weighted by atomic mass is 9.98. The van der Waals surface area contributed by atoms with Crippen molar-refractivity contribution in [2.24, 2.45) is 0 Å². The van der Waals surface area contributed by atoms with Crippen molar-refractivity contribution < 1.29 is 9.53 Å². The Morgan fingerprint density at radius 1 is 0.852 bits per heavy atom. The summed E-state index contributed by atoms with van der Waals surface area (Å²) >= 11 is 0. The average molecular weight is 359 g/mol. The lowest BCUT2D eigenvalue weighted by Crippen LogP contribution is -2.33. The molecule has 0 spiro atoms. The minimum absolute atomic E-state index is 0.0162. The Kier molecular flexibility index (Phi) is 5.92. The Bertz CT molecular complexity index is 901. The predicted octanol–water partition coefficient (Wildman–Crippen LogP) is 4.90. The van der Waals surface area contributed by atoms with Crippen molar-refractivity contribution in [2.45, 2.75) is 26.8 Å². The molecule has 0 bridgehead atoms. The molecule has 3 rings (SSSR count). The topological polar surface area (TPSA) is 38.3 Å². The maximum Gasteiger partial charge on any atom is 0.258 e. The van der Waals surface area contributed by atoms with Gasteiger partial charge < -0.3 is 10.1 Å². The molecule has 0 unspecified atom stereocenters. The molecule has 3 aromatic carbocycles. The van der Waals surface area contributed by atoms with Crippen molar-refractivity contribution in [1.29, 1.82) is 0 Å². The fraction of sp³-hybridized carbons (Fsp3) is 0.208. The van der Waals surface area contributed by atoms with Crippen LogP contribution in [0.3, 0.4) is 0 Å². The summed E-state index contributed by atoms with van der Waals surface area (Å²) in [5.74, 6) is 0.558. The lowest BCUT2D eigenvalue weighted by Gasteiger charge is -2.20. The monoisotopic (exact) mass is 359 g/mol. The van der Waals surface area contributed by atoms with Crippen LogP contribution in [0.1, 0.15) is 33.9 Å². The number of amides is 1. The molecule has 27 heavy (non-hydrogen) atoms. The molecule has 0 aliphatic heterocycles. The van der Waals surface area contributed by atoms with Crippen LogP contribution >= 0.6 is 0 Å². The van der Waals surface area contributed by atoms with Gasteiger partial charge in [-0.2, -0.15) is 0 Å². The number of carbonyl (C=O) groups is 1. The van der Waals surface area contributed by atoms with Gasteiger partial charge in [0.2, 0.25) is 0 Å². The number of nitrogens with one attached hydrogen (secondary N) is 1. The molecule has 0 aliphatic rings. The fourth-order valence-electron chi connectivity index (χ4n) is 2.92. The molecule has 0 saturated heterocycles. The molecular formula is C24H25NO2. The van der Waals surface area contributed by atoms with E-state index < -0.39 is 0 Å². The third kappa shape index (κ3) is 4.98. The maximum absolute atomic E-state index is 12.6. The van der Waals surface area contributed by atoms with Crippen molar-refractivity contribution in [3.63, 3.8) is 0 Å². The molecule has 0 aromatic heterocycles. The molecule has 0 saturated carbocycles. The molecule has 0 radical (unpaired) electrons. The Balaban J connectivity index is 1.72. The summed E-state index contributed by atoms with van der Waals surface area (Å²) in [7, 11) is 0. The van der Waals surface area contributed by atoms with E-state index in [9.17, 15) is 4.79 Å². The van der Waals surface area contributed by atoms with E-state index in [2.05, 4.69) is 43.4 Å². The third-order valence-corrected chi connectivity index (χ3v) is 4.70. The summed E-state index contributed by atoms with van der Waals surface area (Å²) in [5, 5.41) is 3.10. The summed E-state index contributed by atoms with van der Waals surface area (Å²) in [6, 6.07) is 23.8. The predicted molar refractivity (Wildman–Crippen MR) is 109 cm³/mol. The normalized spacial score (nSPS) is 11.7. The van der Waals surface area contributed by atoms with Crippen LogP contribution in [0, 0.1) is 20.8 Å². The Hall–Kier alpha value is -3.07. The first-order valence-electron chi connectivity index (χ1n) is 9.14. The largest absolute Gasteiger partial charge is 0.484 e. The van der Waals surface area contributed by atoms with Crippen LogP contribution in [0.25, 0.3) is 0 Å². The zero-order valence-electron chi connectivity index (χ0n) is 16.0. The van der Waals surface area contributed by atoms with Gasteiger partial charge in [0.1, 0.15) is 5.75 Å². The number of benzene rings is 3. The van der Waals surface area contributed by atoms with Gasteiger partial charge in [0, 0.05) is 0 Å². The molecule has 1 atom stereocenters. The first-order chi connectivity index (χ1) is 13.0. The Labute approximate surface area is 161 Å². The van der Waals surface area contributed by atoms with Crippen molar-refractivity contribution in [3.8, 4) is 5.75 Å². The second-order valence-corrected chi connectivity index (χ2v) is 6.86. The molecule has 0 fully saturated rings.